The first-order valence-corrected chi connectivity index (χ1v) is 6.81. The van der Waals surface area contributed by atoms with Crippen LogP contribution in [0.3, 0.4) is 0 Å². The Labute approximate surface area is 96.6 Å². The van der Waals surface area contributed by atoms with Gasteiger partial charge in [-0.3, -0.25) is 0 Å². The minimum absolute atomic E-state index is 0.243. The summed E-state index contributed by atoms with van der Waals surface area (Å²) in [7, 11) is 0. The van der Waals surface area contributed by atoms with Crippen LogP contribution in [0.4, 0.5) is 0 Å². The topological polar surface area (TPSA) is 18.5 Å². The van der Waals surface area contributed by atoms with Crippen LogP contribution in [0.25, 0.3) is 0 Å². The van der Waals surface area contributed by atoms with Gasteiger partial charge in [0, 0.05) is 10.7 Å². The molecule has 0 unspecified atom stereocenters. The van der Waals surface area contributed by atoms with E-state index in [1.807, 2.05) is 13.8 Å². The molecule has 0 aliphatic carbocycles. The van der Waals surface area contributed by atoms with Crippen molar-refractivity contribution >= 4 is 31.9 Å². The van der Waals surface area contributed by atoms with Crippen molar-refractivity contribution in [2.45, 2.75) is 44.7 Å². The van der Waals surface area contributed by atoms with E-state index in [0.717, 1.165) is 23.5 Å². The number of alkyl halides is 2. The third-order valence-corrected chi connectivity index (χ3v) is 2.99. The van der Waals surface area contributed by atoms with E-state index in [9.17, 15) is 0 Å². The van der Waals surface area contributed by atoms with Crippen molar-refractivity contribution in [2.24, 2.45) is 0 Å². The molecule has 0 amide bonds. The highest BCUT2D eigenvalue weighted by molar-refractivity contribution is 9.09. The second kappa shape index (κ2) is 5.10. The maximum Gasteiger partial charge on any atom is 0.163 e. The number of halogens is 2. The third-order valence-electron chi connectivity index (χ3n) is 2.07. The van der Waals surface area contributed by atoms with Crippen LogP contribution in [0.2, 0.25) is 0 Å². The predicted octanol–water partition coefficient (Wildman–Crippen LogP) is 3.08. The summed E-state index contributed by atoms with van der Waals surface area (Å²) in [5, 5.41) is 1.94. The molecule has 13 heavy (non-hydrogen) atoms. The molecule has 0 spiro atoms. The van der Waals surface area contributed by atoms with Gasteiger partial charge in [0.25, 0.3) is 0 Å². The number of hydrogen-bond donors (Lipinski definition) is 0. The summed E-state index contributed by atoms with van der Waals surface area (Å²) in [6.07, 6.45) is 2.51. The Balaban J connectivity index is 2.49. The van der Waals surface area contributed by atoms with Crippen molar-refractivity contribution in [1.29, 1.82) is 0 Å². The SMILES string of the molecule is CC1(C)O[C@H](CCBr)[C@@H](CCBr)O1. The lowest BCUT2D eigenvalue weighted by atomic mass is 10.1. The Bertz CT molecular complexity index is 146. The first-order chi connectivity index (χ1) is 6.09. The fraction of sp³-hybridized carbons (Fsp3) is 1.00. The Morgan fingerprint density at radius 3 is 1.69 bits per heavy atom. The Morgan fingerprint density at radius 2 is 1.38 bits per heavy atom. The van der Waals surface area contributed by atoms with Gasteiger partial charge in [-0.1, -0.05) is 31.9 Å². The van der Waals surface area contributed by atoms with Gasteiger partial charge in [0.2, 0.25) is 0 Å². The van der Waals surface area contributed by atoms with Gasteiger partial charge in [-0.15, -0.1) is 0 Å². The molecule has 4 heteroatoms. The molecule has 1 saturated heterocycles. The van der Waals surface area contributed by atoms with Gasteiger partial charge in [-0.05, 0) is 26.7 Å². The number of rotatable bonds is 4. The molecule has 0 aromatic carbocycles. The van der Waals surface area contributed by atoms with Crippen LogP contribution in [-0.4, -0.2) is 28.7 Å². The van der Waals surface area contributed by atoms with Crippen LogP contribution in [-0.2, 0) is 9.47 Å². The Kier molecular flexibility index (Phi) is 4.69. The lowest BCUT2D eigenvalue weighted by Crippen LogP contribution is -2.23. The Morgan fingerprint density at radius 1 is 1.00 bits per heavy atom. The van der Waals surface area contributed by atoms with Gasteiger partial charge >= 0.3 is 0 Å². The fourth-order valence-electron chi connectivity index (χ4n) is 1.61. The molecule has 1 fully saturated rings. The third kappa shape index (κ3) is 3.50. The van der Waals surface area contributed by atoms with Crippen molar-refractivity contribution in [3.63, 3.8) is 0 Å². The van der Waals surface area contributed by atoms with Gasteiger partial charge < -0.3 is 9.47 Å². The van der Waals surface area contributed by atoms with Crippen molar-refractivity contribution in [2.75, 3.05) is 10.7 Å². The predicted molar refractivity (Wildman–Crippen MR) is 60.6 cm³/mol. The summed E-state index contributed by atoms with van der Waals surface area (Å²) in [6, 6.07) is 0. The molecule has 0 saturated carbocycles. The van der Waals surface area contributed by atoms with Crippen LogP contribution in [0.1, 0.15) is 26.7 Å². The molecule has 1 aliphatic heterocycles. The van der Waals surface area contributed by atoms with Crippen molar-refractivity contribution in [3.8, 4) is 0 Å². The molecular formula is C9H16Br2O2. The maximum absolute atomic E-state index is 5.78. The van der Waals surface area contributed by atoms with E-state index in [0.29, 0.717) is 0 Å². The molecule has 1 rings (SSSR count). The molecule has 2 atom stereocenters. The van der Waals surface area contributed by atoms with Crippen molar-refractivity contribution in [1.82, 2.24) is 0 Å². The standard InChI is InChI=1S/C9H16Br2O2/c1-9(2)12-7(3-5-10)8(13-9)4-6-11/h7-8H,3-6H2,1-2H3/t7-,8-/m1/s1. The lowest BCUT2D eigenvalue weighted by Gasteiger charge is -2.16. The molecule has 0 N–H and O–H groups in total. The summed E-state index contributed by atoms with van der Waals surface area (Å²) >= 11 is 6.86. The molecular weight excluding hydrogens is 300 g/mol. The smallest absolute Gasteiger partial charge is 0.163 e. The maximum atomic E-state index is 5.78. The summed E-state index contributed by atoms with van der Waals surface area (Å²) < 4.78 is 11.6. The minimum Gasteiger partial charge on any atom is -0.345 e. The van der Waals surface area contributed by atoms with E-state index < -0.39 is 5.79 Å². The Hall–Kier alpha value is 0.880. The van der Waals surface area contributed by atoms with E-state index in [1.54, 1.807) is 0 Å². The van der Waals surface area contributed by atoms with Gasteiger partial charge in [-0.25, -0.2) is 0 Å². The summed E-state index contributed by atoms with van der Waals surface area (Å²) in [4.78, 5) is 0. The molecule has 1 aliphatic rings. The van der Waals surface area contributed by atoms with Gasteiger partial charge in [0.05, 0.1) is 12.2 Å². The van der Waals surface area contributed by atoms with Crippen LogP contribution in [0.15, 0.2) is 0 Å². The van der Waals surface area contributed by atoms with Gasteiger partial charge in [0.15, 0.2) is 5.79 Å². The van der Waals surface area contributed by atoms with E-state index >= 15 is 0 Å². The van der Waals surface area contributed by atoms with Crippen molar-refractivity contribution in [3.05, 3.63) is 0 Å². The first kappa shape index (κ1) is 12.0. The average molecular weight is 316 g/mol. The van der Waals surface area contributed by atoms with Crippen LogP contribution >= 0.6 is 31.9 Å². The number of hydrogen-bond acceptors (Lipinski definition) is 2. The van der Waals surface area contributed by atoms with Gasteiger partial charge in [0.1, 0.15) is 0 Å². The number of ether oxygens (including phenoxy) is 2. The minimum atomic E-state index is -0.403. The quantitative estimate of drug-likeness (QED) is 0.742. The highest BCUT2D eigenvalue weighted by Gasteiger charge is 2.39. The van der Waals surface area contributed by atoms with E-state index in [4.69, 9.17) is 9.47 Å². The summed E-state index contributed by atoms with van der Waals surface area (Å²) in [5.41, 5.74) is 0. The zero-order valence-electron chi connectivity index (χ0n) is 8.06. The zero-order chi connectivity index (χ0) is 9.90. The summed E-state index contributed by atoms with van der Waals surface area (Å²) in [6.45, 7) is 3.95. The highest BCUT2D eigenvalue weighted by atomic mass is 79.9. The second-order valence-electron chi connectivity index (χ2n) is 3.67. The van der Waals surface area contributed by atoms with E-state index in [-0.39, 0.29) is 12.2 Å². The highest BCUT2D eigenvalue weighted by Crippen LogP contribution is 2.32. The molecule has 0 bridgehead atoms. The van der Waals surface area contributed by atoms with Gasteiger partial charge in [-0.2, -0.15) is 0 Å². The zero-order valence-corrected chi connectivity index (χ0v) is 11.2. The molecule has 78 valence electrons. The molecule has 0 radical (unpaired) electrons. The molecule has 1 heterocycles. The second-order valence-corrected chi connectivity index (χ2v) is 5.25. The normalized spacial score (nSPS) is 32.3. The monoisotopic (exact) mass is 314 g/mol. The van der Waals surface area contributed by atoms with Crippen molar-refractivity contribution < 1.29 is 9.47 Å². The van der Waals surface area contributed by atoms with Crippen LogP contribution in [0.5, 0.6) is 0 Å². The largest absolute Gasteiger partial charge is 0.345 e. The molecule has 2 nitrogen and oxygen atoms in total. The van der Waals surface area contributed by atoms with E-state index in [1.165, 1.54) is 0 Å². The average Bonchev–Trinajstić information content (AvgIpc) is 2.28. The first-order valence-electron chi connectivity index (χ1n) is 4.56. The van der Waals surface area contributed by atoms with Crippen LogP contribution in [0, 0.1) is 0 Å². The molecule has 0 aromatic rings. The fourth-order valence-corrected chi connectivity index (χ4v) is 2.52. The van der Waals surface area contributed by atoms with E-state index in [2.05, 4.69) is 31.9 Å². The lowest BCUT2D eigenvalue weighted by molar-refractivity contribution is -0.146. The molecule has 0 aromatic heterocycles. The van der Waals surface area contributed by atoms with Crippen LogP contribution < -0.4 is 0 Å². The summed E-state index contributed by atoms with van der Waals surface area (Å²) in [5.74, 6) is -0.403.